The Morgan fingerprint density at radius 3 is 2.62 bits per heavy atom. The molecule has 1 nitrogen and oxygen atoms in total. The first kappa shape index (κ1) is 16.8. The third kappa shape index (κ3) is 5.27. The Labute approximate surface area is 138 Å². The molecule has 0 heterocycles. The Kier molecular flexibility index (Phi) is 6.50. The summed E-state index contributed by atoms with van der Waals surface area (Å²) in [6, 6.07) is 7.20. The molecule has 0 radical (unpaired) electrons. The average Bonchev–Trinajstić information content (AvgIpc) is 2.48. The van der Waals surface area contributed by atoms with E-state index in [1.54, 1.807) is 5.57 Å². The topological polar surface area (TPSA) is 12.0 Å². The Bertz CT molecular complexity index is 484. The average molecular weight is 350 g/mol. The predicted molar refractivity (Wildman–Crippen MR) is 96.6 cm³/mol. The molecule has 2 heteroatoms. The molecule has 0 spiro atoms. The van der Waals surface area contributed by atoms with Gasteiger partial charge in [0.15, 0.2) is 0 Å². The highest BCUT2D eigenvalue weighted by Gasteiger charge is 2.18. The zero-order valence-corrected chi connectivity index (χ0v) is 15.2. The van der Waals surface area contributed by atoms with Gasteiger partial charge in [-0.3, -0.25) is 0 Å². The van der Waals surface area contributed by atoms with E-state index in [0.29, 0.717) is 6.04 Å². The summed E-state index contributed by atoms with van der Waals surface area (Å²) in [5.74, 6) is 0.772. The van der Waals surface area contributed by atoms with Crippen LogP contribution < -0.4 is 5.32 Å². The summed E-state index contributed by atoms with van der Waals surface area (Å²) in [7, 11) is 0. The Morgan fingerprint density at radius 1 is 1.29 bits per heavy atom. The molecule has 1 aliphatic carbocycles. The number of nitrogens with one attached hydrogen (secondary N) is 1. The SMILES string of the molecule is Cc1cc(/C=C(/CNC(C)C)C2CCCCC2)ccc1Br. The molecule has 0 bridgehead atoms. The fourth-order valence-electron chi connectivity index (χ4n) is 3.08. The molecule has 1 fully saturated rings. The molecule has 1 N–H and O–H groups in total. The third-order valence-corrected chi connectivity index (χ3v) is 5.27. The molecule has 21 heavy (non-hydrogen) atoms. The van der Waals surface area contributed by atoms with Gasteiger partial charge < -0.3 is 5.32 Å². The lowest BCUT2D eigenvalue weighted by Gasteiger charge is -2.26. The summed E-state index contributed by atoms with van der Waals surface area (Å²) in [5, 5.41) is 3.61. The van der Waals surface area contributed by atoms with Crippen LogP contribution in [-0.2, 0) is 0 Å². The normalized spacial score (nSPS) is 17.5. The molecule has 0 aromatic heterocycles. The molecule has 1 aromatic carbocycles. The van der Waals surface area contributed by atoms with Crippen LogP contribution in [0.15, 0.2) is 28.2 Å². The van der Waals surface area contributed by atoms with Gasteiger partial charge in [0, 0.05) is 17.1 Å². The maximum Gasteiger partial charge on any atom is 0.0204 e. The Balaban J connectivity index is 2.19. The smallest absolute Gasteiger partial charge is 0.0204 e. The molecule has 1 saturated carbocycles. The van der Waals surface area contributed by atoms with Crippen LogP contribution >= 0.6 is 15.9 Å². The number of hydrogen-bond acceptors (Lipinski definition) is 1. The zero-order chi connectivity index (χ0) is 15.2. The van der Waals surface area contributed by atoms with E-state index in [2.05, 4.69) is 66.3 Å². The van der Waals surface area contributed by atoms with Crippen molar-refractivity contribution >= 4 is 22.0 Å². The number of rotatable bonds is 5. The van der Waals surface area contributed by atoms with Gasteiger partial charge in [0.1, 0.15) is 0 Å². The van der Waals surface area contributed by atoms with Crippen molar-refractivity contribution in [3.05, 3.63) is 39.4 Å². The molecule has 116 valence electrons. The largest absolute Gasteiger partial charge is 0.311 e. The highest BCUT2D eigenvalue weighted by atomic mass is 79.9. The predicted octanol–water partition coefficient (Wildman–Crippen LogP) is 5.72. The van der Waals surface area contributed by atoms with Crippen molar-refractivity contribution in [2.75, 3.05) is 6.54 Å². The van der Waals surface area contributed by atoms with Crippen LogP contribution in [0.25, 0.3) is 6.08 Å². The summed E-state index contributed by atoms with van der Waals surface area (Å²) in [4.78, 5) is 0. The van der Waals surface area contributed by atoms with Gasteiger partial charge in [-0.15, -0.1) is 0 Å². The minimum atomic E-state index is 0.545. The van der Waals surface area contributed by atoms with Crippen molar-refractivity contribution < 1.29 is 0 Å². The van der Waals surface area contributed by atoms with Crippen molar-refractivity contribution in [3.63, 3.8) is 0 Å². The molecule has 0 amide bonds. The van der Waals surface area contributed by atoms with Gasteiger partial charge in [-0.25, -0.2) is 0 Å². The number of aryl methyl sites for hydroxylation is 1. The Hall–Kier alpha value is -0.600. The summed E-state index contributed by atoms with van der Waals surface area (Å²) >= 11 is 3.59. The highest BCUT2D eigenvalue weighted by Crippen LogP contribution is 2.31. The van der Waals surface area contributed by atoms with Gasteiger partial charge in [-0.05, 0) is 42.9 Å². The van der Waals surface area contributed by atoms with Gasteiger partial charge in [0.25, 0.3) is 0 Å². The quantitative estimate of drug-likeness (QED) is 0.716. The second-order valence-electron chi connectivity index (χ2n) is 6.60. The zero-order valence-electron chi connectivity index (χ0n) is 13.6. The minimum Gasteiger partial charge on any atom is -0.311 e. The van der Waals surface area contributed by atoms with Crippen LogP contribution in [-0.4, -0.2) is 12.6 Å². The van der Waals surface area contributed by atoms with E-state index in [1.807, 2.05) is 0 Å². The molecular weight excluding hydrogens is 322 g/mol. The van der Waals surface area contributed by atoms with Crippen molar-refractivity contribution in [3.8, 4) is 0 Å². The lowest BCUT2D eigenvalue weighted by atomic mass is 9.83. The summed E-state index contributed by atoms with van der Waals surface area (Å²) < 4.78 is 1.19. The molecule has 0 saturated heterocycles. The van der Waals surface area contributed by atoms with E-state index in [1.165, 1.54) is 47.7 Å². The monoisotopic (exact) mass is 349 g/mol. The number of benzene rings is 1. The summed E-state index contributed by atoms with van der Waals surface area (Å²) in [6.07, 6.45) is 9.35. The first-order valence-corrected chi connectivity index (χ1v) is 9.05. The second-order valence-corrected chi connectivity index (χ2v) is 7.45. The van der Waals surface area contributed by atoms with Gasteiger partial charge in [0.05, 0.1) is 0 Å². The van der Waals surface area contributed by atoms with Crippen LogP contribution in [0.1, 0.15) is 57.1 Å². The van der Waals surface area contributed by atoms with Crippen molar-refractivity contribution in [2.24, 2.45) is 5.92 Å². The fourth-order valence-corrected chi connectivity index (χ4v) is 3.33. The standard InChI is InChI=1S/C19H28BrN/c1-14(2)21-13-18(17-7-5-4-6-8-17)12-16-9-10-19(20)15(3)11-16/h9-12,14,17,21H,4-8,13H2,1-3H3/b18-12-. The van der Waals surface area contributed by atoms with Crippen LogP contribution in [0.4, 0.5) is 0 Å². The number of hydrogen-bond donors (Lipinski definition) is 1. The molecule has 0 unspecified atom stereocenters. The van der Waals surface area contributed by atoms with E-state index in [0.717, 1.165) is 12.5 Å². The fraction of sp³-hybridized carbons (Fsp3) is 0.579. The van der Waals surface area contributed by atoms with E-state index >= 15 is 0 Å². The van der Waals surface area contributed by atoms with E-state index in [4.69, 9.17) is 0 Å². The van der Waals surface area contributed by atoms with Gasteiger partial charge in [-0.2, -0.15) is 0 Å². The van der Waals surface area contributed by atoms with E-state index < -0.39 is 0 Å². The molecular formula is C19H28BrN. The van der Waals surface area contributed by atoms with Crippen molar-refractivity contribution in [1.29, 1.82) is 0 Å². The van der Waals surface area contributed by atoms with Crippen LogP contribution in [0, 0.1) is 12.8 Å². The lowest BCUT2D eigenvalue weighted by molar-refractivity contribution is 0.394. The number of halogens is 1. The highest BCUT2D eigenvalue weighted by molar-refractivity contribution is 9.10. The van der Waals surface area contributed by atoms with Crippen molar-refractivity contribution in [1.82, 2.24) is 5.32 Å². The van der Waals surface area contributed by atoms with Gasteiger partial charge >= 0.3 is 0 Å². The van der Waals surface area contributed by atoms with Gasteiger partial charge in [-0.1, -0.05) is 72.8 Å². The molecule has 2 rings (SSSR count). The van der Waals surface area contributed by atoms with Crippen LogP contribution in [0.2, 0.25) is 0 Å². The summed E-state index contributed by atoms with van der Waals surface area (Å²) in [6.45, 7) is 7.63. The lowest BCUT2D eigenvalue weighted by Crippen LogP contribution is -2.27. The first-order valence-electron chi connectivity index (χ1n) is 8.26. The van der Waals surface area contributed by atoms with E-state index in [-0.39, 0.29) is 0 Å². The summed E-state index contributed by atoms with van der Waals surface area (Å²) in [5.41, 5.74) is 4.23. The molecule has 0 atom stereocenters. The van der Waals surface area contributed by atoms with Crippen LogP contribution in [0.3, 0.4) is 0 Å². The molecule has 1 aliphatic rings. The van der Waals surface area contributed by atoms with E-state index in [9.17, 15) is 0 Å². The van der Waals surface area contributed by atoms with Crippen LogP contribution in [0.5, 0.6) is 0 Å². The Morgan fingerprint density at radius 2 is 2.00 bits per heavy atom. The molecule has 1 aromatic rings. The molecule has 0 aliphatic heterocycles. The minimum absolute atomic E-state index is 0.545. The maximum atomic E-state index is 3.61. The second kappa shape index (κ2) is 8.14. The van der Waals surface area contributed by atoms with Gasteiger partial charge in [0.2, 0.25) is 0 Å². The maximum absolute atomic E-state index is 3.61. The first-order chi connectivity index (χ1) is 10.1. The third-order valence-electron chi connectivity index (χ3n) is 4.38. The van der Waals surface area contributed by atoms with Crippen molar-refractivity contribution in [2.45, 2.75) is 58.9 Å².